The highest BCUT2D eigenvalue weighted by molar-refractivity contribution is 5.82. The average molecular weight is 416 g/mol. The molecule has 2 amide bonds. The van der Waals surface area contributed by atoms with E-state index in [0.717, 1.165) is 30.6 Å². The first kappa shape index (κ1) is 21.7. The Morgan fingerprint density at radius 3 is 1.48 bits per heavy atom. The number of anilines is 2. The quantitative estimate of drug-likeness (QED) is 0.521. The first-order valence-electron chi connectivity index (χ1n) is 10.1. The van der Waals surface area contributed by atoms with Crippen LogP contribution in [0.1, 0.15) is 30.4 Å². The van der Waals surface area contributed by atoms with Crippen LogP contribution < -0.4 is 21.3 Å². The Morgan fingerprint density at radius 1 is 0.742 bits per heavy atom. The molecule has 158 valence electrons. The second kappa shape index (κ2) is 10.7. The van der Waals surface area contributed by atoms with E-state index in [0.29, 0.717) is 11.1 Å². The number of hydrogen-bond acceptors (Lipinski definition) is 6. The number of nitrogens with one attached hydrogen (secondary N) is 4. The molecule has 8 nitrogen and oxygen atoms in total. The molecule has 1 aliphatic rings. The lowest BCUT2D eigenvalue weighted by Crippen LogP contribution is -2.50. The summed E-state index contributed by atoms with van der Waals surface area (Å²) < 4.78 is 0. The molecule has 0 spiro atoms. The summed E-state index contributed by atoms with van der Waals surface area (Å²) in [6.07, 6.45) is 2.56. The van der Waals surface area contributed by atoms with Gasteiger partial charge in [0.25, 0.3) is 0 Å². The van der Waals surface area contributed by atoms with Crippen molar-refractivity contribution < 1.29 is 9.59 Å². The third-order valence-corrected chi connectivity index (χ3v) is 5.14. The molecule has 2 aromatic carbocycles. The molecule has 3 rings (SSSR count). The van der Waals surface area contributed by atoms with Crippen molar-refractivity contribution in [1.82, 2.24) is 10.6 Å². The summed E-state index contributed by atoms with van der Waals surface area (Å²) in [6.45, 7) is 0.229. The summed E-state index contributed by atoms with van der Waals surface area (Å²) in [5.74, 6) is -0.294. The molecule has 0 aromatic heterocycles. The molecule has 2 aromatic rings. The van der Waals surface area contributed by atoms with Crippen LogP contribution in [0.2, 0.25) is 0 Å². The Bertz CT molecular complexity index is 907. The minimum atomic E-state index is -0.147. The molecular formula is C23H24N6O2. The maximum absolute atomic E-state index is 12.3. The summed E-state index contributed by atoms with van der Waals surface area (Å²) in [5.41, 5.74) is 2.65. The number of hydrogen-bond donors (Lipinski definition) is 4. The molecule has 1 saturated carbocycles. The van der Waals surface area contributed by atoms with Crippen molar-refractivity contribution in [2.45, 2.75) is 31.3 Å². The Kier molecular flexibility index (Phi) is 7.45. The van der Waals surface area contributed by atoms with Gasteiger partial charge >= 0.3 is 0 Å². The maximum atomic E-state index is 12.3. The lowest BCUT2D eigenvalue weighted by atomic mass is 10.1. The second-order valence-corrected chi connectivity index (χ2v) is 7.36. The van der Waals surface area contributed by atoms with E-state index in [4.69, 9.17) is 10.5 Å². The molecule has 4 N–H and O–H groups in total. The van der Waals surface area contributed by atoms with Crippen molar-refractivity contribution in [2.24, 2.45) is 0 Å². The van der Waals surface area contributed by atoms with E-state index >= 15 is 0 Å². The van der Waals surface area contributed by atoms with Gasteiger partial charge in [-0.05, 0) is 67.8 Å². The Hall–Kier alpha value is -4.04. The van der Waals surface area contributed by atoms with Crippen molar-refractivity contribution in [3.05, 3.63) is 59.7 Å². The summed E-state index contributed by atoms with van der Waals surface area (Å²) >= 11 is 0. The Morgan fingerprint density at radius 2 is 1.13 bits per heavy atom. The highest BCUT2D eigenvalue weighted by Crippen LogP contribution is 2.19. The monoisotopic (exact) mass is 416 g/mol. The van der Waals surface area contributed by atoms with Gasteiger partial charge in [-0.25, -0.2) is 0 Å². The van der Waals surface area contributed by atoms with Crippen LogP contribution in [0.25, 0.3) is 0 Å². The van der Waals surface area contributed by atoms with E-state index in [1.165, 1.54) is 0 Å². The van der Waals surface area contributed by atoms with Crippen molar-refractivity contribution in [3.8, 4) is 12.1 Å². The van der Waals surface area contributed by atoms with Crippen molar-refractivity contribution >= 4 is 23.2 Å². The lowest BCUT2D eigenvalue weighted by molar-refractivity contribution is -0.122. The molecule has 31 heavy (non-hydrogen) atoms. The molecular weight excluding hydrogens is 392 g/mol. The van der Waals surface area contributed by atoms with E-state index in [9.17, 15) is 9.59 Å². The zero-order chi connectivity index (χ0) is 22.1. The molecule has 0 aliphatic heterocycles. The average Bonchev–Trinajstić information content (AvgIpc) is 3.23. The fourth-order valence-corrected chi connectivity index (χ4v) is 3.51. The lowest BCUT2D eigenvalue weighted by Gasteiger charge is -2.22. The van der Waals surface area contributed by atoms with Crippen molar-refractivity contribution in [3.63, 3.8) is 0 Å². The number of rotatable bonds is 8. The molecule has 2 unspecified atom stereocenters. The zero-order valence-electron chi connectivity index (χ0n) is 17.0. The van der Waals surface area contributed by atoms with Crippen molar-refractivity contribution in [2.75, 3.05) is 23.7 Å². The molecule has 0 radical (unpaired) electrons. The summed E-state index contributed by atoms with van der Waals surface area (Å²) in [4.78, 5) is 24.6. The minimum Gasteiger partial charge on any atom is -0.376 e. The largest absolute Gasteiger partial charge is 0.376 e. The van der Waals surface area contributed by atoms with Gasteiger partial charge in [0.1, 0.15) is 0 Å². The van der Waals surface area contributed by atoms with Crippen LogP contribution in [0.5, 0.6) is 0 Å². The number of carbonyl (C=O) groups excluding carboxylic acids is 2. The predicted octanol–water partition coefficient (Wildman–Crippen LogP) is 2.11. The van der Waals surface area contributed by atoms with Crippen LogP contribution in [0, 0.1) is 22.7 Å². The number of nitrogens with zero attached hydrogens (tertiary/aromatic N) is 2. The van der Waals surface area contributed by atoms with Crippen LogP contribution in [0.3, 0.4) is 0 Å². The Balaban J connectivity index is 1.41. The first-order valence-corrected chi connectivity index (χ1v) is 10.1. The van der Waals surface area contributed by atoms with Gasteiger partial charge in [0.15, 0.2) is 0 Å². The Labute approximate surface area is 181 Å². The predicted molar refractivity (Wildman–Crippen MR) is 117 cm³/mol. The third-order valence-electron chi connectivity index (χ3n) is 5.14. The fraction of sp³-hybridized carbons (Fsp3) is 0.304. The number of carbonyl (C=O) groups is 2. The van der Waals surface area contributed by atoms with E-state index in [1.807, 2.05) is 0 Å². The van der Waals surface area contributed by atoms with E-state index in [-0.39, 0.29) is 37.0 Å². The standard InChI is InChI=1S/C23H24N6O2/c24-12-16-4-8-18(9-5-16)26-14-22(30)28-20-2-1-3-21(20)29-23(31)15-27-19-10-6-17(13-25)7-11-19/h4-11,20-21,26-27H,1-3,14-15H2,(H,28,30)(H,29,31). The van der Waals surface area contributed by atoms with Gasteiger partial charge in [-0.15, -0.1) is 0 Å². The molecule has 1 aliphatic carbocycles. The zero-order valence-corrected chi connectivity index (χ0v) is 17.0. The molecule has 8 heteroatoms. The van der Waals surface area contributed by atoms with Gasteiger partial charge in [0.05, 0.1) is 36.4 Å². The van der Waals surface area contributed by atoms with Crippen LogP contribution in [0.4, 0.5) is 11.4 Å². The molecule has 1 fully saturated rings. The van der Waals surface area contributed by atoms with Crippen LogP contribution in [0.15, 0.2) is 48.5 Å². The number of benzene rings is 2. The van der Waals surface area contributed by atoms with E-state index in [2.05, 4.69) is 33.4 Å². The van der Waals surface area contributed by atoms with Crippen LogP contribution >= 0.6 is 0 Å². The van der Waals surface area contributed by atoms with E-state index < -0.39 is 0 Å². The third kappa shape index (κ3) is 6.48. The smallest absolute Gasteiger partial charge is 0.239 e. The highest BCUT2D eigenvalue weighted by atomic mass is 16.2. The highest BCUT2D eigenvalue weighted by Gasteiger charge is 2.29. The second-order valence-electron chi connectivity index (χ2n) is 7.36. The molecule has 0 bridgehead atoms. The molecule has 0 saturated heterocycles. The summed E-state index contributed by atoms with van der Waals surface area (Å²) in [5, 5.41) is 29.7. The first-order chi connectivity index (χ1) is 15.1. The van der Waals surface area contributed by atoms with Gasteiger partial charge in [-0.3, -0.25) is 9.59 Å². The van der Waals surface area contributed by atoms with Gasteiger partial charge < -0.3 is 21.3 Å². The van der Waals surface area contributed by atoms with Crippen LogP contribution in [-0.4, -0.2) is 37.0 Å². The van der Waals surface area contributed by atoms with Gasteiger partial charge in [0, 0.05) is 23.5 Å². The van der Waals surface area contributed by atoms with Crippen molar-refractivity contribution in [1.29, 1.82) is 10.5 Å². The summed E-state index contributed by atoms with van der Waals surface area (Å²) in [6, 6.07) is 17.7. The number of nitriles is 2. The van der Waals surface area contributed by atoms with Gasteiger partial charge in [0.2, 0.25) is 11.8 Å². The SMILES string of the molecule is N#Cc1ccc(NCC(=O)NC2CCCC2NC(=O)CNc2ccc(C#N)cc2)cc1. The normalized spacial score (nSPS) is 17.1. The maximum Gasteiger partial charge on any atom is 0.239 e. The minimum absolute atomic E-state index is 0.103. The fourth-order valence-electron chi connectivity index (χ4n) is 3.51. The topological polar surface area (TPSA) is 130 Å². The van der Waals surface area contributed by atoms with E-state index in [1.54, 1.807) is 48.5 Å². The molecule has 0 heterocycles. The summed E-state index contributed by atoms with van der Waals surface area (Å²) in [7, 11) is 0. The molecule has 2 atom stereocenters. The van der Waals surface area contributed by atoms with Crippen LogP contribution in [-0.2, 0) is 9.59 Å². The number of amides is 2. The van der Waals surface area contributed by atoms with Gasteiger partial charge in [-0.2, -0.15) is 10.5 Å². The van der Waals surface area contributed by atoms with Gasteiger partial charge in [-0.1, -0.05) is 0 Å².